The van der Waals surface area contributed by atoms with Gasteiger partial charge in [-0.1, -0.05) is 6.07 Å². The number of ether oxygens (including phenoxy) is 1. The lowest BCUT2D eigenvalue weighted by atomic mass is 10.1. The molecule has 4 nitrogen and oxygen atoms in total. The van der Waals surface area contributed by atoms with Crippen molar-refractivity contribution in [3.05, 3.63) is 28.2 Å². The Morgan fingerprint density at radius 1 is 1.58 bits per heavy atom. The molecule has 106 valence electrons. The van der Waals surface area contributed by atoms with Crippen molar-refractivity contribution in [1.82, 2.24) is 0 Å². The number of nitrogens with two attached hydrogens (primary N) is 1. The second-order valence-electron chi connectivity index (χ2n) is 5.14. The van der Waals surface area contributed by atoms with Gasteiger partial charge in [-0.05, 0) is 47.5 Å². The van der Waals surface area contributed by atoms with E-state index in [0.29, 0.717) is 19.2 Å². The molecule has 0 bridgehead atoms. The van der Waals surface area contributed by atoms with Gasteiger partial charge in [0.1, 0.15) is 0 Å². The van der Waals surface area contributed by atoms with Gasteiger partial charge in [-0.15, -0.1) is 0 Å². The summed E-state index contributed by atoms with van der Waals surface area (Å²) in [6.45, 7) is 5.49. The molecule has 0 amide bonds. The minimum atomic E-state index is -0.115. The van der Waals surface area contributed by atoms with Gasteiger partial charge >= 0.3 is 0 Å². The van der Waals surface area contributed by atoms with Crippen LogP contribution in [-0.2, 0) is 4.74 Å². The smallest absolute Gasteiger partial charge is 0.0981 e. The largest absolute Gasteiger partial charge is 0.394 e. The van der Waals surface area contributed by atoms with E-state index in [1.54, 1.807) is 0 Å². The second kappa shape index (κ2) is 6.22. The van der Waals surface area contributed by atoms with Gasteiger partial charge in [-0.25, -0.2) is 0 Å². The highest BCUT2D eigenvalue weighted by molar-refractivity contribution is 9.10. The maximum Gasteiger partial charge on any atom is 0.0981 e. The SMILES string of the molecule is CC(N)c1ccc(N2CC(CO)OCC2C)c(Br)c1. The summed E-state index contributed by atoms with van der Waals surface area (Å²) in [4.78, 5) is 2.26. The summed E-state index contributed by atoms with van der Waals surface area (Å²) in [5.74, 6) is 0. The monoisotopic (exact) mass is 328 g/mol. The lowest BCUT2D eigenvalue weighted by Crippen LogP contribution is -2.49. The highest BCUT2D eigenvalue weighted by Gasteiger charge is 2.27. The molecule has 2 rings (SSSR count). The summed E-state index contributed by atoms with van der Waals surface area (Å²) in [6, 6.07) is 6.52. The molecule has 1 aromatic carbocycles. The zero-order chi connectivity index (χ0) is 14.0. The molecule has 1 aliphatic heterocycles. The molecule has 0 spiro atoms. The molecule has 1 heterocycles. The van der Waals surface area contributed by atoms with Crippen LogP contribution >= 0.6 is 15.9 Å². The van der Waals surface area contributed by atoms with E-state index in [4.69, 9.17) is 10.5 Å². The van der Waals surface area contributed by atoms with Crippen molar-refractivity contribution in [3.8, 4) is 0 Å². The summed E-state index contributed by atoms with van der Waals surface area (Å²) < 4.78 is 6.60. The van der Waals surface area contributed by atoms with E-state index in [0.717, 1.165) is 15.7 Å². The molecule has 3 unspecified atom stereocenters. The third kappa shape index (κ3) is 3.28. The molecule has 5 heteroatoms. The lowest BCUT2D eigenvalue weighted by Gasteiger charge is -2.39. The Balaban J connectivity index is 2.24. The number of rotatable bonds is 3. The first-order chi connectivity index (χ1) is 9.02. The molecule has 0 aliphatic carbocycles. The molecule has 1 fully saturated rings. The maximum atomic E-state index is 9.25. The van der Waals surface area contributed by atoms with Gasteiger partial charge in [0.15, 0.2) is 0 Å². The summed E-state index contributed by atoms with van der Waals surface area (Å²) in [5, 5.41) is 9.25. The fraction of sp³-hybridized carbons (Fsp3) is 0.571. The Labute approximate surface area is 122 Å². The van der Waals surface area contributed by atoms with Crippen molar-refractivity contribution >= 4 is 21.6 Å². The topological polar surface area (TPSA) is 58.7 Å². The minimum absolute atomic E-state index is 0.0256. The molecule has 1 saturated heterocycles. The summed E-state index contributed by atoms with van der Waals surface area (Å²) in [5.41, 5.74) is 8.12. The second-order valence-corrected chi connectivity index (χ2v) is 5.99. The van der Waals surface area contributed by atoms with Crippen LogP contribution in [0.25, 0.3) is 0 Å². The first-order valence-electron chi connectivity index (χ1n) is 6.57. The van der Waals surface area contributed by atoms with Crippen LogP contribution in [0.4, 0.5) is 5.69 Å². The first kappa shape index (κ1) is 14.8. The summed E-state index contributed by atoms with van der Waals surface area (Å²) >= 11 is 3.62. The van der Waals surface area contributed by atoms with E-state index in [-0.39, 0.29) is 18.8 Å². The number of benzene rings is 1. The van der Waals surface area contributed by atoms with E-state index in [9.17, 15) is 5.11 Å². The number of nitrogens with zero attached hydrogens (tertiary/aromatic N) is 1. The van der Waals surface area contributed by atoms with Gasteiger partial charge in [-0.3, -0.25) is 0 Å². The summed E-state index contributed by atoms with van der Waals surface area (Å²) in [6.07, 6.45) is -0.115. The van der Waals surface area contributed by atoms with Crippen LogP contribution in [-0.4, -0.2) is 37.0 Å². The van der Waals surface area contributed by atoms with Gasteiger partial charge in [0, 0.05) is 23.1 Å². The van der Waals surface area contributed by atoms with Gasteiger partial charge in [0.2, 0.25) is 0 Å². The maximum absolute atomic E-state index is 9.25. The number of hydrogen-bond donors (Lipinski definition) is 2. The van der Waals surface area contributed by atoms with Crippen molar-refractivity contribution in [1.29, 1.82) is 0 Å². The van der Waals surface area contributed by atoms with Crippen LogP contribution in [0.1, 0.15) is 25.5 Å². The van der Waals surface area contributed by atoms with Gasteiger partial charge in [0.25, 0.3) is 0 Å². The van der Waals surface area contributed by atoms with Crippen LogP contribution in [0.2, 0.25) is 0 Å². The van der Waals surface area contributed by atoms with Crippen LogP contribution in [0.3, 0.4) is 0 Å². The zero-order valence-electron chi connectivity index (χ0n) is 11.3. The van der Waals surface area contributed by atoms with Crippen molar-refractivity contribution in [2.75, 3.05) is 24.7 Å². The number of halogens is 1. The zero-order valence-corrected chi connectivity index (χ0v) is 12.9. The van der Waals surface area contributed by atoms with Gasteiger partial charge < -0.3 is 20.5 Å². The third-order valence-electron chi connectivity index (χ3n) is 3.52. The minimum Gasteiger partial charge on any atom is -0.394 e. The third-order valence-corrected chi connectivity index (χ3v) is 4.15. The van der Waals surface area contributed by atoms with E-state index >= 15 is 0 Å². The van der Waals surface area contributed by atoms with Crippen molar-refractivity contribution < 1.29 is 9.84 Å². The molecule has 1 aliphatic rings. The van der Waals surface area contributed by atoms with Crippen molar-refractivity contribution in [3.63, 3.8) is 0 Å². The van der Waals surface area contributed by atoms with Crippen LogP contribution < -0.4 is 10.6 Å². The molecule has 0 saturated carbocycles. The number of anilines is 1. The highest BCUT2D eigenvalue weighted by Crippen LogP contribution is 2.31. The quantitative estimate of drug-likeness (QED) is 0.891. The lowest BCUT2D eigenvalue weighted by molar-refractivity contribution is -0.0103. The van der Waals surface area contributed by atoms with Crippen molar-refractivity contribution in [2.45, 2.75) is 32.0 Å². The molecule has 0 aromatic heterocycles. The molecular weight excluding hydrogens is 308 g/mol. The van der Waals surface area contributed by atoms with Crippen LogP contribution in [0.5, 0.6) is 0 Å². The molecule has 19 heavy (non-hydrogen) atoms. The molecule has 0 radical (unpaired) electrons. The average molecular weight is 329 g/mol. The van der Waals surface area contributed by atoms with Crippen molar-refractivity contribution in [2.24, 2.45) is 5.73 Å². The first-order valence-corrected chi connectivity index (χ1v) is 7.36. The van der Waals surface area contributed by atoms with E-state index in [1.807, 2.05) is 6.92 Å². The summed E-state index contributed by atoms with van der Waals surface area (Å²) in [7, 11) is 0. The van der Waals surface area contributed by atoms with Crippen LogP contribution in [0.15, 0.2) is 22.7 Å². The molecule has 3 N–H and O–H groups in total. The number of morpholine rings is 1. The highest BCUT2D eigenvalue weighted by atomic mass is 79.9. The predicted molar refractivity (Wildman–Crippen MR) is 80.4 cm³/mol. The van der Waals surface area contributed by atoms with Crippen LogP contribution in [0, 0.1) is 0 Å². The Morgan fingerprint density at radius 3 is 2.89 bits per heavy atom. The fourth-order valence-corrected chi connectivity index (χ4v) is 2.93. The van der Waals surface area contributed by atoms with Gasteiger partial charge in [-0.2, -0.15) is 0 Å². The van der Waals surface area contributed by atoms with E-state index in [1.165, 1.54) is 0 Å². The van der Waals surface area contributed by atoms with E-state index < -0.39 is 0 Å². The number of hydrogen-bond acceptors (Lipinski definition) is 4. The molecular formula is C14H21BrN2O2. The Morgan fingerprint density at radius 2 is 2.32 bits per heavy atom. The normalized spacial score (nSPS) is 25.4. The number of aliphatic hydroxyl groups is 1. The standard InChI is InChI=1S/C14H21BrN2O2/c1-9-8-19-12(7-18)6-17(9)14-4-3-11(10(2)16)5-13(14)15/h3-5,9-10,12,18H,6-8,16H2,1-2H3. The Bertz CT molecular complexity index is 439. The molecule has 1 aromatic rings. The Kier molecular flexibility index (Phi) is 4.84. The van der Waals surface area contributed by atoms with E-state index in [2.05, 4.69) is 46.0 Å². The fourth-order valence-electron chi connectivity index (χ4n) is 2.30. The predicted octanol–water partition coefficient (Wildman–Crippen LogP) is 2.05. The molecule has 3 atom stereocenters. The number of aliphatic hydroxyl groups excluding tert-OH is 1. The average Bonchev–Trinajstić information content (AvgIpc) is 2.39. The Hall–Kier alpha value is -0.620. The van der Waals surface area contributed by atoms with Gasteiger partial charge in [0.05, 0.1) is 25.0 Å².